The number of fused-ring (bicyclic) bond motifs is 3. The molecule has 0 spiro atoms. The van der Waals surface area contributed by atoms with Gasteiger partial charge in [-0.25, -0.2) is 9.59 Å². The third-order valence-electron chi connectivity index (χ3n) is 5.92. The van der Waals surface area contributed by atoms with Gasteiger partial charge in [-0.05, 0) is 34.6 Å². The lowest BCUT2D eigenvalue weighted by atomic mass is 9.85. The van der Waals surface area contributed by atoms with Gasteiger partial charge in [0, 0.05) is 5.92 Å². The van der Waals surface area contributed by atoms with Crippen molar-refractivity contribution in [3.05, 3.63) is 59.7 Å². The van der Waals surface area contributed by atoms with Crippen molar-refractivity contribution in [3.63, 3.8) is 0 Å². The van der Waals surface area contributed by atoms with Gasteiger partial charge in [-0.1, -0.05) is 69.3 Å². The zero-order chi connectivity index (χ0) is 24.4. The Morgan fingerprint density at radius 2 is 1.48 bits per heavy atom. The van der Waals surface area contributed by atoms with Gasteiger partial charge in [0.05, 0.1) is 6.61 Å². The van der Waals surface area contributed by atoms with Crippen LogP contribution in [0.4, 0.5) is 4.79 Å². The molecule has 1 aliphatic rings. The first kappa shape index (κ1) is 24.3. The third-order valence-corrected chi connectivity index (χ3v) is 5.92. The van der Waals surface area contributed by atoms with Crippen LogP contribution >= 0.6 is 0 Å². The van der Waals surface area contributed by atoms with Crippen LogP contribution in [0.5, 0.6) is 0 Å². The standard InChI is InChI=1S/C25H30N2O6/c1-24(2,3)20(21(29)27-25(4,14-28)22(30)31)26-23(32)33-13-19-17-11-7-5-9-15(17)16-10-6-8-12-18(16)19/h5-12,19-20,28H,13-14H2,1-4H3,(H,26,32)(H,27,29)(H,30,31)/t20-,25?/m0/s1. The number of aliphatic hydroxyl groups excluding tert-OH is 1. The van der Waals surface area contributed by atoms with E-state index in [4.69, 9.17) is 4.74 Å². The summed E-state index contributed by atoms with van der Waals surface area (Å²) in [5.74, 6) is -2.24. The summed E-state index contributed by atoms with van der Waals surface area (Å²) in [6.45, 7) is 5.69. The first-order valence-electron chi connectivity index (χ1n) is 10.8. The van der Waals surface area contributed by atoms with Crippen molar-refractivity contribution in [1.29, 1.82) is 0 Å². The first-order chi connectivity index (χ1) is 15.5. The van der Waals surface area contributed by atoms with Crippen molar-refractivity contribution < 1.29 is 29.3 Å². The topological polar surface area (TPSA) is 125 Å². The Morgan fingerprint density at radius 1 is 0.970 bits per heavy atom. The number of aliphatic carboxylic acids is 1. The molecule has 2 aromatic rings. The minimum absolute atomic E-state index is 0.0851. The van der Waals surface area contributed by atoms with Crippen molar-refractivity contribution in [2.75, 3.05) is 13.2 Å². The number of aliphatic hydroxyl groups is 1. The highest BCUT2D eigenvalue weighted by molar-refractivity contribution is 5.91. The summed E-state index contributed by atoms with van der Waals surface area (Å²) in [4.78, 5) is 37.0. The fourth-order valence-corrected chi connectivity index (χ4v) is 3.94. The van der Waals surface area contributed by atoms with Crippen LogP contribution in [-0.4, -0.2) is 53.0 Å². The molecule has 8 heteroatoms. The van der Waals surface area contributed by atoms with Gasteiger partial charge in [-0.2, -0.15) is 0 Å². The van der Waals surface area contributed by atoms with Gasteiger partial charge in [0.15, 0.2) is 5.54 Å². The number of ether oxygens (including phenoxy) is 1. The van der Waals surface area contributed by atoms with Crippen LogP contribution in [0.25, 0.3) is 11.1 Å². The molecular weight excluding hydrogens is 424 g/mol. The maximum Gasteiger partial charge on any atom is 0.407 e. The highest BCUT2D eigenvalue weighted by atomic mass is 16.5. The second kappa shape index (κ2) is 9.23. The summed E-state index contributed by atoms with van der Waals surface area (Å²) >= 11 is 0. The first-order valence-corrected chi connectivity index (χ1v) is 10.8. The van der Waals surface area contributed by atoms with Gasteiger partial charge in [-0.3, -0.25) is 4.79 Å². The van der Waals surface area contributed by atoms with E-state index in [1.807, 2.05) is 48.5 Å². The molecule has 8 nitrogen and oxygen atoms in total. The van der Waals surface area contributed by atoms with Crippen LogP contribution in [0.1, 0.15) is 44.7 Å². The molecule has 2 aromatic carbocycles. The molecule has 0 bridgehead atoms. The molecule has 0 heterocycles. The molecule has 0 radical (unpaired) electrons. The molecule has 1 aliphatic carbocycles. The molecule has 4 N–H and O–H groups in total. The van der Waals surface area contributed by atoms with Gasteiger partial charge < -0.3 is 25.6 Å². The molecule has 0 saturated heterocycles. The highest BCUT2D eigenvalue weighted by Gasteiger charge is 2.40. The van der Waals surface area contributed by atoms with Crippen molar-refractivity contribution in [1.82, 2.24) is 10.6 Å². The number of alkyl carbamates (subject to hydrolysis) is 1. The van der Waals surface area contributed by atoms with E-state index in [0.717, 1.165) is 22.3 Å². The lowest BCUT2D eigenvalue weighted by molar-refractivity contribution is -0.149. The van der Waals surface area contributed by atoms with Gasteiger partial charge in [-0.15, -0.1) is 0 Å². The van der Waals surface area contributed by atoms with Gasteiger partial charge in [0.1, 0.15) is 12.6 Å². The van der Waals surface area contributed by atoms with Crippen molar-refractivity contribution in [2.45, 2.75) is 45.2 Å². The summed E-state index contributed by atoms with van der Waals surface area (Å²) in [6.07, 6.45) is -0.784. The van der Waals surface area contributed by atoms with E-state index in [0.29, 0.717) is 0 Å². The number of carbonyl (C=O) groups excluding carboxylic acids is 2. The predicted octanol–water partition coefficient (Wildman–Crippen LogP) is 2.89. The van der Waals surface area contributed by atoms with Crippen LogP contribution in [0, 0.1) is 5.41 Å². The van der Waals surface area contributed by atoms with E-state index in [1.54, 1.807) is 20.8 Å². The Morgan fingerprint density at radius 3 is 1.94 bits per heavy atom. The van der Waals surface area contributed by atoms with Crippen molar-refractivity contribution in [2.24, 2.45) is 5.41 Å². The molecule has 0 fully saturated rings. The Labute approximate surface area is 193 Å². The van der Waals surface area contributed by atoms with E-state index >= 15 is 0 Å². The molecule has 1 unspecified atom stereocenters. The fraction of sp³-hybridized carbons (Fsp3) is 0.400. The van der Waals surface area contributed by atoms with Gasteiger partial charge in [0.2, 0.25) is 5.91 Å². The van der Waals surface area contributed by atoms with Gasteiger partial charge >= 0.3 is 12.1 Å². The highest BCUT2D eigenvalue weighted by Crippen LogP contribution is 2.44. The lowest BCUT2D eigenvalue weighted by Gasteiger charge is -2.33. The van der Waals surface area contributed by atoms with Crippen LogP contribution in [-0.2, 0) is 14.3 Å². The summed E-state index contributed by atoms with van der Waals surface area (Å²) in [6, 6.07) is 14.8. The number of amides is 2. The number of carboxylic acids is 1. The van der Waals surface area contributed by atoms with Crippen molar-refractivity contribution in [3.8, 4) is 11.1 Å². The number of rotatable bonds is 7. The van der Waals surface area contributed by atoms with E-state index < -0.39 is 41.6 Å². The quantitative estimate of drug-likeness (QED) is 0.510. The second-order valence-corrected chi connectivity index (χ2v) is 9.55. The van der Waals surface area contributed by atoms with Gasteiger partial charge in [0.25, 0.3) is 0 Å². The molecule has 2 atom stereocenters. The van der Waals surface area contributed by atoms with E-state index in [2.05, 4.69) is 10.6 Å². The zero-order valence-corrected chi connectivity index (χ0v) is 19.2. The maximum atomic E-state index is 12.8. The number of nitrogens with one attached hydrogen (secondary N) is 2. The minimum atomic E-state index is -1.87. The number of hydrogen-bond donors (Lipinski definition) is 4. The molecule has 2 amide bonds. The monoisotopic (exact) mass is 454 g/mol. The molecule has 0 aliphatic heterocycles. The van der Waals surface area contributed by atoms with Crippen LogP contribution in [0.15, 0.2) is 48.5 Å². The summed E-state index contributed by atoms with van der Waals surface area (Å²) in [5.41, 5.74) is 1.72. The van der Waals surface area contributed by atoms with E-state index in [-0.39, 0.29) is 12.5 Å². The zero-order valence-electron chi connectivity index (χ0n) is 19.2. The normalized spacial score (nSPS) is 15.5. The molecule has 0 saturated carbocycles. The summed E-state index contributed by atoms with van der Waals surface area (Å²) < 4.78 is 5.52. The number of benzene rings is 2. The Balaban J connectivity index is 1.72. The lowest BCUT2D eigenvalue weighted by Crippen LogP contribution is -2.62. The Bertz CT molecular complexity index is 1020. The minimum Gasteiger partial charge on any atom is -0.479 e. The van der Waals surface area contributed by atoms with Crippen LogP contribution in [0.2, 0.25) is 0 Å². The summed E-state index contributed by atoms with van der Waals surface area (Å²) in [7, 11) is 0. The van der Waals surface area contributed by atoms with Crippen molar-refractivity contribution >= 4 is 18.0 Å². The molecular formula is C25H30N2O6. The average molecular weight is 455 g/mol. The second-order valence-electron chi connectivity index (χ2n) is 9.55. The largest absolute Gasteiger partial charge is 0.479 e. The molecule has 0 aromatic heterocycles. The van der Waals surface area contributed by atoms with Crippen LogP contribution in [0.3, 0.4) is 0 Å². The van der Waals surface area contributed by atoms with Crippen LogP contribution < -0.4 is 10.6 Å². The molecule has 3 rings (SSSR count). The molecule has 176 valence electrons. The Hall–Kier alpha value is -3.39. The fourth-order valence-electron chi connectivity index (χ4n) is 3.94. The molecule has 33 heavy (non-hydrogen) atoms. The van der Waals surface area contributed by atoms with E-state index in [9.17, 15) is 24.6 Å². The third kappa shape index (κ3) is 5.01. The number of carbonyl (C=O) groups is 3. The van der Waals surface area contributed by atoms with E-state index in [1.165, 1.54) is 6.92 Å². The average Bonchev–Trinajstić information content (AvgIpc) is 3.08. The number of carboxylic acid groups (broad SMARTS) is 1. The predicted molar refractivity (Wildman–Crippen MR) is 123 cm³/mol. The summed E-state index contributed by atoms with van der Waals surface area (Å²) in [5, 5.41) is 23.6. The Kier molecular flexibility index (Phi) is 6.78. The SMILES string of the molecule is CC(CO)(NC(=O)[C@H](NC(=O)OCC1c2ccccc2-c2ccccc21)C(C)(C)C)C(=O)O. The smallest absolute Gasteiger partial charge is 0.407 e. The maximum absolute atomic E-state index is 12.8. The number of hydrogen-bond acceptors (Lipinski definition) is 5.